The van der Waals surface area contributed by atoms with E-state index in [2.05, 4.69) is 15.9 Å². The maximum absolute atomic E-state index is 13.6. The van der Waals surface area contributed by atoms with Crippen molar-refractivity contribution in [1.29, 1.82) is 0 Å². The quantitative estimate of drug-likeness (QED) is 0.516. The normalized spacial score (nSPS) is 22.7. The first-order valence-corrected chi connectivity index (χ1v) is 10.7. The van der Waals surface area contributed by atoms with Crippen molar-refractivity contribution < 1.29 is 19.2 Å². The predicted octanol–water partition coefficient (Wildman–Crippen LogP) is 4.51. The monoisotopic (exact) mass is 478 g/mol. The van der Waals surface area contributed by atoms with Gasteiger partial charge in [-0.15, -0.1) is 0 Å². The van der Waals surface area contributed by atoms with Crippen LogP contribution in [-0.4, -0.2) is 25.0 Å². The SMILES string of the molecule is COc1ccccc1[C@H]1[C@@H]2C(=O)N(c3ccc(Br)cc3)C(=O)[C@H]2ON1c1ccccc1. The first-order chi connectivity index (χ1) is 15.1. The number of hydrogen-bond acceptors (Lipinski definition) is 5. The number of hydrogen-bond donors (Lipinski definition) is 0. The van der Waals surface area contributed by atoms with Gasteiger partial charge in [-0.05, 0) is 42.5 Å². The summed E-state index contributed by atoms with van der Waals surface area (Å²) in [4.78, 5) is 34.3. The smallest absolute Gasteiger partial charge is 0.266 e. The molecular formula is C24H19BrN2O4. The lowest BCUT2D eigenvalue weighted by Crippen LogP contribution is -2.37. The maximum Gasteiger partial charge on any atom is 0.266 e. The fraction of sp³-hybridized carbons (Fsp3) is 0.167. The zero-order valence-electron chi connectivity index (χ0n) is 16.6. The average molecular weight is 479 g/mol. The van der Waals surface area contributed by atoms with Gasteiger partial charge in [0.2, 0.25) is 5.91 Å². The number of benzene rings is 3. The van der Waals surface area contributed by atoms with E-state index in [0.717, 1.165) is 15.7 Å². The van der Waals surface area contributed by atoms with Crippen LogP contribution >= 0.6 is 15.9 Å². The van der Waals surface area contributed by atoms with Gasteiger partial charge in [-0.25, -0.2) is 9.96 Å². The predicted molar refractivity (Wildman–Crippen MR) is 120 cm³/mol. The van der Waals surface area contributed by atoms with Gasteiger partial charge in [0.1, 0.15) is 11.7 Å². The van der Waals surface area contributed by atoms with Crippen molar-refractivity contribution in [3.05, 3.63) is 88.9 Å². The van der Waals surface area contributed by atoms with Gasteiger partial charge in [0.25, 0.3) is 5.91 Å². The Kier molecular flexibility index (Phi) is 5.00. The number of anilines is 2. The van der Waals surface area contributed by atoms with Crippen LogP contribution in [0.3, 0.4) is 0 Å². The summed E-state index contributed by atoms with van der Waals surface area (Å²) in [6.45, 7) is 0. The Bertz CT molecular complexity index is 1140. The van der Waals surface area contributed by atoms with Crippen molar-refractivity contribution in [2.75, 3.05) is 17.1 Å². The molecule has 3 atom stereocenters. The van der Waals surface area contributed by atoms with Crippen molar-refractivity contribution in [2.24, 2.45) is 5.92 Å². The Morgan fingerprint density at radius 2 is 1.52 bits per heavy atom. The fourth-order valence-electron chi connectivity index (χ4n) is 4.28. The molecule has 2 fully saturated rings. The highest BCUT2D eigenvalue weighted by Gasteiger charge is 2.60. The number of methoxy groups -OCH3 is 1. The molecule has 0 saturated carbocycles. The maximum atomic E-state index is 13.6. The van der Waals surface area contributed by atoms with Gasteiger partial charge >= 0.3 is 0 Å². The lowest BCUT2D eigenvalue weighted by atomic mass is 9.90. The third-order valence-corrected chi connectivity index (χ3v) is 6.20. The Morgan fingerprint density at radius 1 is 0.839 bits per heavy atom. The standard InChI is InChI=1S/C24H19BrN2O4/c1-30-19-10-6-5-9-18(19)21-20-22(31-27(21)17-7-3-2-4-8-17)24(29)26(23(20)28)16-13-11-15(25)12-14-16/h2-14,20-22H,1H3/t20-,21-,22-/m0/s1. The molecule has 0 N–H and O–H groups in total. The molecule has 156 valence electrons. The molecule has 0 spiro atoms. The van der Waals surface area contributed by atoms with Gasteiger partial charge in [-0.1, -0.05) is 52.3 Å². The van der Waals surface area contributed by atoms with Crippen LogP contribution in [-0.2, 0) is 14.4 Å². The molecule has 3 aromatic rings. The molecule has 6 nitrogen and oxygen atoms in total. The highest BCUT2D eigenvalue weighted by Crippen LogP contribution is 2.49. The number of hydroxylamine groups is 1. The number of nitrogens with zero attached hydrogens (tertiary/aromatic N) is 2. The van der Waals surface area contributed by atoms with Crippen LogP contribution in [0.5, 0.6) is 5.75 Å². The van der Waals surface area contributed by atoms with Crippen LogP contribution in [0, 0.1) is 5.92 Å². The van der Waals surface area contributed by atoms with Gasteiger partial charge in [-0.3, -0.25) is 14.4 Å². The van der Waals surface area contributed by atoms with Crippen LogP contribution in [0.25, 0.3) is 0 Å². The molecule has 0 aromatic heterocycles. The van der Waals surface area contributed by atoms with Crippen molar-refractivity contribution in [3.8, 4) is 5.75 Å². The molecule has 0 bridgehead atoms. The number of rotatable bonds is 4. The van der Waals surface area contributed by atoms with E-state index in [-0.39, 0.29) is 11.8 Å². The first-order valence-electron chi connectivity index (χ1n) is 9.87. The number of imide groups is 1. The minimum Gasteiger partial charge on any atom is -0.496 e. The molecule has 0 aliphatic carbocycles. The molecule has 0 radical (unpaired) electrons. The van der Waals surface area contributed by atoms with Crippen molar-refractivity contribution in [2.45, 2.75) is 12.1 Å². The van der Waals surface area contributed by atoms with E-state index < -0.39 is 18.1 Å². The molecule has 0 unspecified atom stereocenters. The summed E-state index contributed by atoms with van der Waals surface area (Å²) in [5.41, 5.74) is 2.09. The summed E-state index contributed by atoms with van der Waals surface area (Å²) < 4.78 is 6.45. The number of halogens is 1. The fourth-order valence-corrected chi connectivity index (χ4v) is 4.55. The summed E-state index contributed by atoms with van der Waals surface area (Å²) in [5.74, 6) is -0.713. The molecule has 2 amide bonds. The zero-order chi connectivity index (χ0) is 21.5. The Hall–Kier alpha value is -3.16. The Balaban J connectivity index is 1.61. The van der Waals surface area contributed by atoms with Crippen molar-refractivity contribution in [1.82, 2.24) is 0 Å². The van der Waals surface area contributed by atoms with E-state index >= 15 is 0 Å². The molecule has 2 saturated heterocycles. The summed E-state index contributed by atoms with van der Waals surface area (Å²) >= 11 is 3.39. The Morgan fingerprint density at radius 3 is 2.23 bits per heavy atom. The summed E-state index contributed by atoms with van der Waals surface area (Å²) in [6, 6.07) is 23.6. The lowest BCUT2D eigenvalue weighted by molar-refractivity contribution is -0.126. The van der Waals surface area contributed by atoms with Gasteiger partial charge in [0.15, 0.2) is 6.10 Å². The number of carbonyl (C=O) groups excluding carboxylic acids is 2. The molecule has 2 aliphatic rings. The van der Waals surface area contributed by atoms with Crippen LogP contribution in [0.2, 0.25) is 0 Å². The average Bonchev–Trinajstić information content (AvgIpc) is 3.31. The summed E-state index contributed by atoms with van der Waals surface area (Å²) in [5, 5.41) is 1.67. The number of fused-ring (bicyclic) bond motifs is 1. The molecular weight excluding hydrogens is 460 g/mol. The first kappa shape index (κ1) is 19.8. The van der Waals surface area contributed by atoms with Crippen LogP contribution < -0.4 is 14.7 Å². The lowest BCUT2D eigenvalue weighted by Gasteiger charge is -2.29. The minimum atomic E-state index is -0.911. The topological polar surface area (TPSA) is 59.1 Å². The molecule has 31 heavy (non-hydrogen) atoms. The highest BCUT2D eigenvalue weighted by molar-refractivity contribution is 9.10. The zero-order valence-corrected chi connectivity index (χ0v) is 18.2. The number of carbonyl (C=O) groups is 2. The number of ether oxygens (including phenoxy) is 1. The van der Waals surface area contributed by atoms with E-state index in [4.69, 9.17) is 9.57 Å². The largest absolute Gasteiger partial charge is 0.496 e. The second-order valence-electron chi connectivity index (χ2n) is 7.39. The van der Waals surface area contributed by atoms with Gasteiger partial charge in [0.05, 0.1) is 24.5 Å². The van der Waals surface area contributed by atoms with Crippen molar-refractivity contribution in [3.63, 3.8) is 0 Å². The third-order valence-electron chi connectivity index (χ3n) is 5.67. The molecule has 5 rings (SSSR count). The highest BCUT2D eigenvalue weighted by atomic mass is 79.9. The summed E-state index contributed by atoms with van der Waals surface area (Å²) in [6.07, 6.45) is -0.911. The van der Waals surface area contributed by atoms with Gasteiger partial charge in [0, 0.05) is 10.0 Å². The van der Waals surface area contributed by atoms with Gasteiger partial charge < -0.3 is 4.74 Å². The second kappa shape index (κ2) is 7.83. The van der Waals surface area contributed by atoms with Crippen LogP contribution in [0.4, 0.5) is 11.4 Å². The second-order valence-corrected chi connectivity index (χ2v) is 8.30. The van der Waals surface area contributed by atoms with Crippen molar-refractivity contribution >= 4 is 39.1 Å². The molecule has 3 aromatic carbocycles. The molecule has 7 heteroatoms. The van der Waals surface area contributed by atoms with E-state index in [1.165, 1.54) is 4.90 Å². The van der Waals surface area contributed by atoms with E-state index in [0.29, 0.717) is 11.4 Å². The molecule has 2 aliphatic heterocycles. The third kappa shape index (κ3) is 3.21. The van der Waals surface area contributed by atoms with Crippen LogP contribution in [0.1, 0.15) is 11.6 Å². The number of para-hydroxylation sites is 2. The van der Waals surface area contributed by atoms with E-state index in [1.807, 2.05) is 54.6 Å². The van der Waals surface area contributed by atoms with E-state index in [1.54, 1.807) is 36.4 Å². The summed E-state index contributed by atoms with van der Waals surface area (Å²) in [7, 11) is 1.59. The van der Waals surface area contributed by atoms with Gasteiger partial charge in [-0.2, -0.15) is 0 Å². The number of amides is 2. The Labute approximate surface area is 188 Å². The minimum absolute atomic E-state index is 0.286. The molecule has 2 heterocycles. The van der Waals surface area contributed by atoms with E-state index in [9.17, 15) is 9.59 Å². The van der Waals surface area contributed by atoms with Crippen LogP contribution in [0.15, 0.2) is 83.3 Å².